The van der Waals surface area contributed by atoms with Crippen LogP contribution in [-0.4, -0.2) is 55.0 Å². The van der Waals surface area contributed by atoms with E-state index in [1.807, 2.05) is 23.1 Å². The summed E-state index contributed by atoms with van der Waals surface area (Å²) in [6, 6.07) is 10.3. The third-order valence-corrected chi connectivity index (χ3v) is 8.06. The maximum atomic E-state index is 13.1. The van der Waals surface area contributed by atoms with E-state index in [4.69, 9.17) is 0 Å². The van der Waals surface area contributed by atoms with Gasteiger partial charge >= 0.3 is 0 Å². The van der Waals surface area contributed by atoms with Crippen LogP contribution in [0, 0.1) is 5.41 Å². The predicted molar refractivity (Wildman–Crippen MR) is 103 cm³/mol. The van der Waals surface area contributed by atoms with Gasteiger partial charge in [-0.15, -0.1) is 0 Å². The molecule has 3 rings (SSSR count). The Balaban J connectivity index is 1.61. The number of amides is 1. The fourth-order valence-corrected chi connectivity index (χ4v) is 5.58. The van der Waals surface area contributed by atoms with Gasteiger partial charge in [0.2, 0.25) is 15.9 Å². The van der Waals surface area contributed by atoms with Gasteiger partial charge in [-0.05, 0) is 51.5 Å². The number of carbonyl (C=O) groups is 1. The molecule has 0 aromatic heterocycles. The van der Waals surface area contributed by atoms with Crippen molar-refractivity contribution in [3.8, 4) is 0 Å². The smallest absolute Gasteiger partial charge is 0.230 e. The number of carbonyl (C=O) groups excluding carboxylic acids is 1. The van der Waals surface area contributed by atoms with E-state index in [2.05, 4.69) is 12.1 Å². The van der Waals surface area contributed by atoms with Gasteiger partial charge in [0.05, 0.1) is 10.7 Å². The molecule has 2 saturated heterocycles. The Labute approximate surface area is 157 Å². The Kier molecular flexibility index (Phi) is 5.72. The molecule has 2 heterocycles. The number of piperidine rings is 1. The lowest BCUT2D eigenvalue weighted by atomic mass is 9.78. The van der Waals surface area contributed by atoms with Crippen LogP contribution >= 0.6 is 0 Å². The van der Waals surface area contributed by atoms with E-state index in [1.165, 1.54) is 5.56 Å². The first kappa shape index (κ1) is 19.4. The van der Waals surface area contributed by atoms with Crippen LogP contribution in [0.1, 0.15) is 45.1 Å². The monoisotopic (exact) mass is 378 g/mol. The fraction of sp³-hybridized carbons (Fsp3) is 0.650. The van der Waals surface area contributed by atoms with Crippen LogP contribution in [-0.2, 0) is 21.2 Å². The largest absolute Gasteiger partial charge is 0.342 e. The number of aryl methyl sites for hydroxylation is 1. The zero-order valence-corrected chi connectivity index (χ0v) is 16.7. The summed E-state index contributed by atoms with van der Waals surface area (Å²) in [6.07, 6.45) is 4.34. The Morgan fingerprint density at radius 3 is 2.54 bits per heavy atom. The summed E-state index contributed by atoms with van der Waals surface area (Å²) in [6.45, 7) is 5.81. The Bertz CT molecular complexity index is 733. The van der Waals surface area contributed by atoms with Crippen LogP contribution in [0.25, 0.3) is 0 Å². The van der Waals surface area contributed by atoms with Crippen LogP contribution in [0.3, 0.4) is 0 Å². The number of hydrogen-bond donors (Lipinski definition) is 0. The molecule has 0 bridgehead atoms. The molecule has 1 atom stereocenters. The summed E-state index contributed by atoms with van der Waals surface area (Å²) >= 11 is 0. The van der Waals surface area contributed by atoms with Gasteiger partial charge in [0.1, 0.15) is 0 Å². The molecule has 26 heavy (non-hydrogen) atoms. The average Bonchev–Trinajstić information content (AvgIpc) is 3.05. The zero-order valence-electron chi connectivity index (χ0n) is 15.9. The number of rotatable bonds is 6. The molecule has 1 unspecified atom stereocenters. The molecule has 1 spiro atoms. The molecule has 2 aliphatic rings. The average molecular weight is 379 g/mol. The first-order valence-corrected chi connectivity index (χ1v) is 11.2. The molecule has 2 aliphatic heterocycles. The maximum Gasteiger partial charge on any atom is 0.230 e. The molecule has 0 radical (unpaired) electrons. The summed E-state index contributed by atoms with van der Waals surface area (Å²) in [5, 5.41) is -0.432. The van der Waals surface area contributed by atoms with Crippen molar-refractivity contribution in [3.63, 3.8) is 0 Å². The molecule has 1 aromatic rings. The SMILES string of the molecule is CC(C)S(=O)(=O)N1CCC2(CCCN(CCCc3ccccc3)C2=O)C1. The molecule has 0 N–H and O–H groups in total. The van der Waals surface area contributed by atoms with Crippen molar-refractivity contribution in [1.29, 1.82) is 0 Å². The van der Waals surface area contributed by atoms with Crippen molar-refractivity contribution in [1.82, 2.24) is 9.21 Å². The highest BCUT2D eigenvalue weighted by atomic mass is 32.2. The third kappa shape index (κ3) is 3.81. The van der Waals surface area contributed by atoms with Gasteiger partial charge < -0.3 is 4.90 Å². The van der Waals surface area contributed by atoms with Crippen LogP contribution in [0.4, 0.5) is 0 Å². The fourth-order valence-electron chi connectivity index (χ4n) is 4.21. The second-order valence-electron chi connectivity index (χ2n) is 7.94. The highest BCUT2D eigenvalue weighted by molar-refractivity contribution is 7.89. The van der Waals surface area contributed by atoms with Crippen molar-refractivity contribution in [3.05, 3.63) is 35.9 Å². The Hall–Kier alpha value is -1.40. The van der Waals surface area contributed by atoms with Gasteiger partial charge in [-0.2, -0.15) is 0 Å². The molecule has 144 valence electrons. The summed E-state index contributed by atoms with van der Waals surface area (Å²) in [5.74, 6) is 0.165. The maximum absolute atomic E-state index is 13.1. The number of hydrogen-bond acceptors (Lipinski definition) is 3. The Morgan fingerprint density at radius 1 is 1.12 bits per heavy atom. The lowest BCUT2D eigenvalue weighted by Gasteiger charge is -2.39. The van der Waals surface area contributed by atoms with Gasteiger partial charge in [0, 0.05) is 26.2 Å². The zero-order chi connectivity index (χ0) is 18.8. The molecule has 1 amide bonds. The lowest BCUT2D eigenvalue weighted by molar-refractivity contribution is -0.145. The minimum atomic E-state index is -3.28. The summed E-state index contributed by atoms with van der Waals surface area (Å²) in [5.41, 5.74) is 0.800. The minimum absolute atomic E-state index is 0.165. The molecule has 0 aliphatic carbocycles. The number of nitrogens with zero attached hydrogens (tertiary/aromatic N) is 2. The van der Waals surface area contributed by atoms with Crippen LogP contribution in [0.15, 0.2) is 30.3 Å². The van der Waals surface area contributed by atoms with Crippen LogP contribution in [0.2, 0.25) is 0 Å². The first-order valence-electron chi connectivity index (χ1n) is 9.67. The van der Waals surface area contributed by atoms with E-state index in [0.717, 1.165) is 38.8 Å². The highest BCUT2D eigenvalue weighted by Crippen LogP contribution is 2.41. The minimum Gasteiger partial charge on any atom is -0.342 e. The van der Waals surface area contributed by atoms with E-state index in [0.29, 0.717) is 19.5 Å². The van der Waals surface area contributed by atoms with Crippen molar-refractivity contribution in [2.75, 3.05) is 26.2 Å². The summed E-state index contributed by atoms with van der Waals surface area (Å²) < 4.78 is 26.5. The van der Waals surface area contributed by atoms with E-state index in [-0.39, 0.29) is 5.91 Å². The molecule has 2 fully saturated rings. The van der Waals surface area contributed by atoms with Gasteiger partial charge in [0.15, 0.2) is 0 Å². The molecule has 0 saturated carbocycles. The number of likely N-dealkylation sites (tertiary alicyclic amines) is 1. The van der Waals surface area contributed by atoms with E-state index < -0.39 is 20.7 Å². The highest BCUT2D eigenvalue weighted by Gasteiger charge is 2.50. The molecule has 1 aromatic carbocycles. The predicted octanol–water partition coefficient (Wildman–Crippen LogP) is 2.67. The molecular weight excluding hydrogens is 348 g/mol. The second-order valence-corrected chi connectivity index (χ2v) is 10.4. The van der Waals surface area contributed by atoms with Crippen molar-refractivity contribution < 1.29 is 13.2 Å². The topological polar surface area (TPSA) is 57.7 Å². The van der Waals surface area contributed by atoms with Gasteiger partial charge in [-0.25, -0.2) is 12.7 Å². The van der Waals surface area contributed by atoms with Crippen LogP contribution in [0.5, 0.6) is 0 Å². The number of sulfonamides is 1. The normalized spacial score (nSPS) is 24.7. The summed E-state index contributed by atoms with van der Waals surface area (Å²) in [7, 11) is -3.28. The third-order valence-electron chi connectivity index (χ3n) is 5.83. The molecule has 6 heteroatoms. The van der Waals surface area contributed by atoms with Gasteiger partial charge in [0.25, 0.3) is 0 Å². The Morgan fingerprint density at radius 2 is 1.85 bits per heavy atom. The quantitative estimate of drug-likeness (QED) is 0.765. The number of benzene rings is 1. The van der Waals surface area contributed by atoms with Crippen molar-refractivity contribution in [2.45, 2.75) is 51.2 Å². The lowest BCUT2D eigenvalue weighted by Crippen LogP contribution is -2.51. The second kappa shape index (κ2) is 7.69. The van der Waals surface area contributed by atoms with Crippen molar-refractivity contribution >= 4 is 15.9 Å². The molecular formula is C20H30N2O3S. The van der Waals surface area contributed by atoms with Gasteiger partial charge in [-0.3, -0.25) is 4.79 Å². The standard InChI is InChI=1S/C20H30N2O3S/c1-17(2)26(24,25)22-15-12-20(16-22)11-7-14-21(19(20)23)13-6-10-18-8-4-3-5-9-18/h3-5,8-9,17H,6-7,10-16H2,1-2H3. The van der Waals surface area contributed by atoms with E-state index in [1.54, 1.807) is 18.2 Å². The van der Waals surface area contributed by atoms with Gasteiger partial charge in [-0.1, -0.05) is 30.3 Å². The first-order chi connectivity index (χ1) is 12.3. The van der Waals surface area contributed by atoms with Crippen molar-refractivity contribution in [2.24, 2.45) is 5.41 Å². The molecule has 5 nitrogen and oxygen atoms in total. The van der Waals surface area contributed by atoms with E-state index >= 15 is 0 Å². The van der Waals surface area contributed by atoms with E-state index in [9.17, 15) is 13.2 Å². The summed E-state index contributed by atoms with van der Waals surface area (Å²) in [4.78, 5) is 15.1. The van der Waals surface area contributed by atoms with Crippen LogP contribution < -0.4 is 0 Å².